The Morgan fingerprint density at radius 1 is 1.43 bits per heavy atom. The average molecular weight is 334 g/mol. The normalized spacial score (nSPS) is 24.3. The second kappa shape index (κ2) is 5.76. The molecular formula is C15H19F3NO4+. The molecule has 2 heterocycles. The number of aliphatic hydroxyl groups excluding tert-OH is 1. The predicted octanol–water partition coefficient (Wildman–Crippen LogP) is 0.849. The van der Waals surface area contributed by atoms with Crippen molar-refractivity contribution in [1.82, 2.24) is 0 Å². The molecule has 0 saturated heterocycles. The smallest absolute Gasteiger partial charge is 0.414 e. The molecule has 2 N–H and O–H groups in total. The summed E-state index contributed by atoms with van der Waals surface area (Å²) in [6, 6.07) is 1.28. The predicted molar refractivity (Wildman–Crippen MR) is 74.0 cm³/mol. The number of halogens is 3. The van der Waals surface area contributed by atoms with Crippen LogP contribution in [0.25, 0.3) is 0 Å². The van der Waals surface area contributed by atoms with E-state index in [1.807, 2.05) is 7.05 Å². The minimum Gasteiger partial charge on any atom is -0.492 e. The number of aliphatic hydroxyl groups is 1. The molecule has 128 valence electrons. The van der Waals surface area contributed by atoms with E-state index in [1.165, 1.54) is 7.11 Å². The van der Waals surface area contributed by atoms with Gasteiger partial charge in [0.2, 0.25) is 12.5 Å². The third-order valence-electron chi connectivity index (χ3n) is 4.52. The number of methoxy groups -OCH3 is 1. The van der Waals surface area contributed by atoms with Crippen LogP contribution in [-0.2, 0) is 6.42 Å². The molecule has 5 nitrogen and oxygen atoms in total. The van der Waals surface area contributed by atoms with Crippen molar-refractivity contribution in [3.8, 4) is 17.2 Å². The van der Waals surface area contributed by atoms with Gasteiger partial charge in [-0.3, -0.25) is 0 Å². The van der Waals surface area contributed by atoms with Crippen molar-refractivity contribution in [3.63, 3.8) is 0 Å². The summed E-state index contributed by atoms with van der Waals surface area (Å²) in [6.07, 6.45) is -6.73. The Morgan fingerprint density at radius 2 is 2.17 bits per heavy atom. The molecule has 0 radical (unpaired) electrons. The first-order valence-corrected chi connectivity index (χ1v) is 7.39. The highest BCUT2D eigenvalue weighted by Crippen LogP contribution is 2.48. The van der Waals surface area contributed by atoms with Crippen LogP contribution in [0.2, 0.25) is 0 Å². The van der Waals surface area contributed by atoms with Crippen LogP contribution in [0.5, 0.6) is 17.2 Å². The van der Waals surface area contributed by atoms with Crippen molar-refractivity contribution in [1.29, 1.82) is 0 Å². The van der Waals surface area contributed by atoms with Crippen molar-refractivity contribution < 1.29 is 37.4 Å². The van der Waals surface area contributed by atoms with Gasteiger partial charge in [0.1, 0.15) is 6.04 Å². The number of rotatable bonds is 3. The van der Waals surface area contributed by atoms with Gasteiger partial charge in [-0.2, -0.15) is 13.2 Å². The van der Waals surface area contributed by atoms with E-state index in [1.54, 1.807) is 6.07 Å². The maximum atomic E-state index is 12.8. The SMILES string of the molecule is COc1c2c(cc3c1[C@H](C[C@H](O)C(F)(F)F)[NH+](C)CC3)OCO2. The summed E-state index contributed by atoms with van der Waals surface area (Å²) in [6.45, 7) is 0.734. The average Bonchev–Trinajstić information content (AvgIpc) is 2.94. The lowest BCUT2D eigenvalue weighted by Gasteiger charge is -2.34. The Hall–Kier alpha value is -1.67. The molecule has 0 aliphatic carbocycles. The lowest BCUT2D eigenvalue weighted by atomic mass is 9.88. The summed E-state index contributed by atoms with van der Waals surface area (Å²) in [4.78, 5) is 0.901. The number of likely N-dealkylation sites (N-methyl/N-ethyl adjacent to an activating group) is 1. The van der Waals surface area contributed by atoms with Gasteiger partial charge in [-0.15, -0.1) is 0 Å². The van der Waals surface area contributed by atoms with Gasteiger partial charge >= 0.3 is 6.18 Å². The highest BCUT2D eigenvalue weighted by Gasteiger charge is 2.44. The molecule has 0 spiro atoms. The highest BCUT2D eigenvalue weighted by molar-refractivity contribution is 5.61. The molecule has 0 amide bonds. The Bertz CT molecular complexity index is 605. The molecule has 2 aliphatic rings. The standard InChI is InChI=1S/C15H18F3NO4/c1-19-4-3-8-5-10-13(23-7-22-10)14(21-2)12(8)9(19)6-11(20)15(16,17)18/h5,9,11,20H,3-4,6-7H2,1-2H3/p+1/t9-,11-/m0/s1. The van der Waals surface area contributed by atoms with E-state index in [9.17, 15) is 18.3 Å². The molecule has 23 heavy (non-hydrogen) atoms. The van der Waals surface area contributed by atoms with E-state index in [0.717, 1.165) is 10.5 Å². The van der Waals surface area contributed by atoms with E-state index in [2.05, 4.69) is 0 Å². The molecule has 8 heteroatoms. The Labute approximate surface area is 131 Å². The third-order valence-corrected chi connectivity index (χ3v) is 4.52. The molecule has 1 aromatic rings. The van der Waals surface area contributed by atoms with Gasteiger partial charge in [0.05, 0.1) is 26.3 Å². The molecule has 2 aliphatic heterocycles. The molecule has 3 rings (SSSR count). The van der Waals surface area contributed by atoms with Gasteiger partial charge in [0.25, 0.3) is 0 Å². The van der Waals surface area contributed by atoms with Crippen LogP contribution in [0.1, 0.15) is 23.6 Å². The number of benzene rings is 1. The zero-order chi connectivity index (χ0) is 16.8. The van der Waals surface area contributed by atoms with Crippen molar-refractivity contribution in [2.75, 3.05) is 27.5 Å². The quantitative estimate of drug-likeness (QED) is 0.861. The minimum absolute atomic E-state index is 0.0626. The van der Waals surface area contributed by atoms with E-state index in [0.29, 0.717) is 35.8 Å². The van der Waals surface area contributed by atoms with Crippen molar-refractivity contribution >= 4 is 0 Å². The Balaban J connectivity index is 2.04. The first kappa shape index (κ1) is 16.2. The number of nitrogens with one attached hydrogen (secondary N) is 1. The minimum atomic E-state index is -4.64. The van der Waals surface area contributed by atoms with Crippen LogP contribution in [0.3, 0.4) is 0 Å². The summed E-state index contributed by atoms with van der Waals surface area (Å²) in [5, 5.41) is 9.50. The molecule has 0 fully saturated rings. The molecule has 1 aromatic carbocycles. The maximum Gasteiger partial charge on any atom is 0.414 e. The summed E-state index contributed by atoms with van der Waals surface area (Å²) in [7, 11) is 3.28. The second-order valence-electron chi connectivity index (χ2n) is 5.91. The van der Waals surface area contributed by atoms with Gasteiger partial charge < -0.3 is 24.2 Å². The van der Waals surface area contributed by atoms with E-state index < -0.39 is 24.7 Å². The molecular weight excluding hydrogens is 315 g/mol. The van der Waals surface area contributed by atoms with Crippen molar-refractivity contribution in [2.24, 2.45) is 0 Å². The first-order chi connectivity index (χ1) is 10.8. The molecule has 3 atom stereocenters. The number of ether oxygens (including phenoxy) is 3. The monoisotopic (exact) mass is 334 g/mol. The number of alkyl halides is 3. The first-order valence-electron chi connectivity index (χ1n) is 7.39. The topological polar surface area (TPSA) is 52.4 Å². The van der Waals surface area contributed by atoms with Gasteiger partial charge in [-0.25, -0.2) is 0 Å². The van der Waals surface area contributed by atoms with E-state index >= 15 is 0 Å². The molecule has 0 aromatic heterocycles. The van der Waals surface area contributed by atoms with E-state index in [4.69, 9.17) is 14.2 Å². The number of hydrogen-bond donors (Lipinski definition) is 2. The molecule has 0 bridgehead atoms. The number of quaternary nitrogens is 1. The zero-order valence-corrected chi connectivity index (χ0v) is 12.9. The third kappa shape index (κ3) is 2.81. The summed E-state index contributed by atoms with van der Waals surface area (Å²) in [5.74, 6) is 1.39. The van der Waals surface area contributed by atoms with Crippen LogP contribution in [0.4, 0.5) is 13.2 Å². The van der Waals surface area contributed by atoms with E-state index in [-0.39, 0.29) is 6.79 Å². The fourth-order valence-corrected chi connectivity index (χ4v) is 3.30. The van der Waals surface area contributed by atoms with Crippen LogP contribution in [0.15, 0.2) is 6.07 Å². The van der Waals surface area contributed by atoms with Gasteiger partial charge in [-0.05, 0) is 11.6 Å². The number of hydrogen-bond acceptors (Lipinski definition) is 4. The molecule has 0 saturated carbocycles. The van der Waals surface area contributed by atoms with Crippen LogP contribution < -0.4 is 19.1 Å². The largest absolute Gasteiger partial charge is 0.492 e. The zero-order valence-electron chi connectivity index (χ0n) is 12.9. The van der Waals surface area contributed by atoms with Gasteiger partial charge in [0.15, 0.2) is 17.6 Å². The van der Waals surface area contributed by atoms with Crippen molar-refractivity contribution in [2.45, 2.75) is 31.2 Å². The maximum absolute atomic E-state index is 12.8. The van der Waals surface area contributed by atoms with Crippen LogP contribution in [-0.4, -0.2) is 44.9 Å². The van der Waals surface area contributed by atoms with Gasteiger partial charge in [-0.1, -0.05) is 0 Å². The highest BCUT2D eigenvalue weighted by atomic mass is 19.4. The fraction of sp³-hybridized carbons (Fsp3) is 0.600. The van der Waals surface area contributed by atoms with Gasteiger partial charge in [0, 0.05) is 12.8 Å². The molecule has 1 unspecified atom stereocenters. The number of fused-ring (bicyclic) bond motifs is 2. The summed E-state index contributed by atoms with van der Waals surface area (Å²) < 4.78 is 54.5. The lowest BCUT2D eigenvalue weighted by Crippen LogP contribution is -3.10. The Kier molecular flexibility index (Phi) is 4.05. The summed E-state index contributed by atoms with van der Waals surface area (Å²) >= 11 is 0. The van der Waals surface area contributed by atoms with Crippen LogP contribution >= 0.6 is 0 Å². The van der Waals surface area contributed by atoms with Crippen LogP contribution in [0, 0.1) is 0 Å². The Morgan fingerprint density at radius 3 is 2.83 bits per heavy atom. The summed E-state index contributed by atoms with van der Waals surface area (Å²) in [5.41, 5.74) is 1.56. The van der Waals surface area contributed by atoms with Crippen molar-refractivity contribution in [3.05, 3.63) is 17.2 Å². The lowest BCUT2D eigenvalue weighted by molar-refractivity contribution is -0.915. The second-order valence-corrected chi connectivity index (χ2v) is 5.91. The fourth-order valence-electron chi connectivity index (χ4n) is 3.30.